The van der Waals surface area contributed by atoms with Crippen LogP contribution in [0.2, 0.25) is 0 Å². The number of benzene rings is 1. The quantitative estimate of drug-likeness (QED) is 0.584. The molecule has 0 aliphatic heterocycles. The molecule has 0 bridgehead atoms. The minimum absolute atomic E-state index is 0.334. The number of unbranched alkanes of at least 4 members (excludes halogenated alkanes) is 1. The first kappa shape index (κ1) is 15.8. The highest BCUT2D eigenvalue weighted by Gasteiger charge is 2.21. The summed E-state index contributed by atoms with van der Waals surface area (Å²) in [6, 6.07) is 2.95. The van der Waals surface area contributed by atoms with E-state index < -0.39 is 5.25 Å². The Hall–Kier alpha value is -1.23. The molecule has 0 fully saturated rings. The van der Waals surface area contributed by atoms with E-state index in [2.05, 4.69) is 12.2 Å². The fourth-order valence-corrected chi connectivity index (χ4v) is 2.38. The number of hydrogen-bond acceptors (Lipinski definition) is 4. The van der Waals surface area contributed by atoms with Gasteiger partial charge in [0.1, 0.15) is 17.9 Å². The number of carbonyl (C=O) groups is 1. The highest BCUT2D eigenvalue weighted by Crippen LogP contribution is 2.39. The van der Waals surface area contributed by atoms with E-state index in [9.17, 15) is 9.18 Å². The summed E-state index contributed by atoms with van der Waals surface area (Å²) in [6.07, 6.45) is 4.58. The highest BCUT2D eigenvalue weighted by molar-refractivity contribution is 7.99. The third-order valence-electron chi connectivity index (χ3n) is 2.82. The van der Waals surface area contributed by atoms with Gasteiger partial charge in [-0.15, -0.1) is 11.8 Å². The standard InChI is InChI=1S/C14H20FNO2S/c1-4-5-8-18-11-7-6-10(15)14(16-2)13(11)12(9-17)19-3/h6-7,9,12,16H,4-5,8H2,1-3H3. The minimum Gasteiger partial charge on any atom is -0.493 e. The van der Waals surface area contributed by atoms with Crippen LogP contribution >= 0.6 is 11.8 Å². The summed E-state index contributed by atoms with van der Waals surface area (Å²) < 4.78 is 19.5. The third kappa shape index (κ3) is 3.86. The first-order valence-electron chi connectivity index (χ1n) is 6.30. The zero-order valence-electron chi connectivity index (χ0n) is 11.5. The van der Waals surface area contributed by atoms with Crippen LogP contribution in [0.1, 0.15) is 30.6 Å². The Morgan fingerprint density at radius 1 is 1.53 bits per heavy atom. The van der Waals surface area contributed by atoms with Gasteiger partial charge in [-0.2, -0.15) is 0 Å². The molecule has 1 unspecified atom stereocenters. The third-order valence-corrected chi connectivity index (χ3v) is 3.68. The molecule has 0 saturated carbocycles. The van der Waals surface area contributed by atoms with Crippen LogP contribution in [0, 0.1) is 5.82 Å². The predicted molar refractivity (Wildman–Crippen MR) is 78.7 cm³/mol. The minimum atomic E-state index is -0.435. The van der Waals surface area contributed by atoms with Gasteiger partial charge in [0, 0.05) is 12.6 Å². The topological polar surface area (TPSA) is 38.3 Å². The number of ether oxygens (including phenoxy) is 1. The monoisotopic (exact) mass is 285 g/mol. The largest absolute Gasteiger partial charge is 0.493 e. The molecule has 0 heterocycles. The lowest BCUT2D eigenvalue weighted by atomic mass is 10.1. The number of halogens is 1. The first-order valence-corrected chi connectivity index (χ1v) is 7.59. The Kier molecular flexibility index (Phi) is 6.70. The van der Waals surface area contributed by atoms with Crippen LogP contribution in [-0.2, 0) is 4.79 Å². The molecule has 1 aromatic carbocycles. The fraction of sp³-hybridized carbons (Fsp3) is 0.500. The second-order valence-electron chi connectivity index (χ2n) is 4.08. The van der Waals surface area contributed by atoms with Gasteiger partial charge in [0.05, 0.1) is 17.5 Å². The molecule has 3 nitrogen and oxygen atoms in total. The van der Waals surface area contributed by atoms with E-state index in [1.807, 2.05) is 6.26 Å². The van der Waals surface area contributed by atoms with Crippen molar-refractivity contribution < 1.29 is 13.9 Å². The number of rotatable bonds is 8. The summed E-state index contributed by atoms with van der Waals surface area (Å²) in [6.45, 7) is 2.64. The van der Waals surface area contributed by atoms with Gasteiger partial charge in [-0.25, -0.2) is 4.39 Å². The van der Waals surface area contributed by atoms with Crippen LogP contribution in [0.4, 0.5) is 10.1 Å². The summed E-state index contributed by atoms with van der Waals surface area (Å²) in [4.78, 5) is 11.2. The maximum atomic E-state index is 13.8. The van der Waals surface area contributed by atoms with Crippen molar-refractivity contribution in [2.24, 2.45) is 0 Å². The Balaban J connectivity index is 3.17. The van der Waals surface area contributed by atoms with Gasteiger partial charge in [-0.1, -0.05) is 13.3 Å². The van der Waals surface area contributed by atoms with Gasteiger partial charge >= 0.3 is 0 Å². The number of hydrogen-bond donors (Lipinski definition) is 1. The number of nitrogens with one attached hydrogen (secondary N) is 1. The lowest BCUT2D eigenvalue weighted by Gasteiger charge is -2.19. The van der Waals surface area contributed by atoms with Gasteiger partial charge in [-0.3, -0.25) is 0 Å². The molecule has 0 spiro atoms. The summed E-state index contributed by atoms with van der Waals surface area (Å²) in [7, 11) is 1.64. The van der Waals surface area contributed by atoms with Crippen molar-refractivity contribution in [2.75, 3.05) is 25.2 Å². The van der Waals surface area contributed by atoms with Gasteiger partial charge in [0.25, 0.3) is 0 Å². The van der Waals surface area contributed by atoms with Crippen LogP contribution < -0.4 is 10.1 Å². The van der Waals surface area contributed by atoms with E-state index in [1.165, 1.54) is 17.8 Å². The van der Waals surface area contributed by atoms with Crippen LogP contribution in [0.3, 0.4) is 0 Å². The Bertz CT molecular complexity index is 426. The van der Waals surface area contributed by atoms with E-state index in [1.54, 1.807) is 13.1 Å². The second-order valence-corrected chi connectivity index (χ2v) is 5.06. The zero-order chi connectivity index (χ0) is 14.3. The highest BCUT2D eigenvalue weighted by atomic mass is 32.2. The maximum Gasteiger partial charge on any atom is 0.146 e. The number of aldehydes is 1. The van der Waals surface area contributed by atoms with Crippen LogP contribution in [-0.4, -0.2) is 26.2 Å². The molecule has 5 heteroatoms. The van der Waals surface area contributed by atoms with Gasteiger partial charge in [0.2, 0.25) is 0 Å². The van der Waals surface area contributed by atoms with E-state index in [-0.39, 0.29) is 5.82 Å². The van der Waals surface area contributed by atoms with Crippen molar-refractivity contribution in [3.8, 4) is 5.75 Å². The van der Waals surface area contributed by atoms with E-state index >= 15 is 0 Å². The Labute approximate surface area is 117 Å². The maximum absolute atomic E-state index is 13.8. The molecule has 0 aliphatic rings. The van der Waals surface area contributed by atoms with E-state index in [0.717, 1.165) is 19.1 Å². The molecular weight excluding hydrogens is 265 g/mol. The smallest absolute Gasteiger partial charge is 0.146 e. The summed E-state index contributed by atoms with van der Waals surface area (Å²) in [5.41, 5.74) is 0.918. The molecule has 19 heavy (non-hydrogen) atoms. The molecule has 1 N–H and O–H groups in total. The zero-order valence-corrected chi connectivity index (χ0v) is 12.3. The van der Waals surface area contributed by atoms with Crippen molar-refractivity contribution in [3.63, 3.8) is 0 Å². The Morgan fingerprint density at radius 3 is 2.79 bits per heavy atom. The van der Waals surface area contributed by atoms with Gasteiger partial charge < -0.3 is 14.8 Å². The molecule has 0 saturated heterocycles. The lowest BCUT2D eigenvalue weighted by Crippen LogP contribution is -2.08. The fourth-order valence-electron chi connectivity index (χ4n) is 1.80. The van der Waals surface area contributed by atoms with Crippen LogP contribution in [0.25, 0.3) is 0 Å². The van der Waals surface area contributed by atoms with Crippen molar-refractivity contribution in [1.29, 1.82) is 0 Å². The molecular formula is C14H20FNO2S. The van der Waals surface area contributed by atoms with Crippen molar-refractivity contribution in [1.82, 2.24) is 0 Å². The average Bonchev–Trinajstić information content (AvgIpc) is 2.43. The van der Waals surface area contributed by atoms with Crippen LogP contribution in [0.15, 0.2) is 12.1 Å². The van der Waals surface area contributed by atoms with E-state index in [4.69, 9.17) is 4.74 Å². The molecule has 0 amide bonds. The molecule has 1 aromatic rings. The van der Waals surface area contributed by atoms with Crippen molar-refractivity contribution in [2.45, 2.75) is 25.0 Å². The van der Waals surface area contributed by atoms with Crippen molar-refractivity contribution in [3.05, 3.63) is 23.5 Å². The molecule has 1 rings (SSSR count). The average molecular weight is 285 g/mol. The number of anilines is 1. The molecule has 1 atom stereocenters. The SMILES string of the molecule is CCCCOc1ccc(F)c(NC)c1C(C=O)SC. The molecule has 0 aliphatic carbocycles. The van der Waals surface area contributed by atoms with E-state index in [0.29, 0.717) is 23.6 Å². The molecule has 0 radical (unpaired) electrons. The summed E-state index contributed by atoms with van der Waals surface area (Å²) in [5, 5.41) is 2.38. The molecule has 106 valence electrons. The first-order chi connectivity index (χ1) is 9.19. The Morgan fingerprint density at radius 2 is 2.26 bits per heavy atom. The normalized spacial score (nSPS) is 12.0. The molecule has 0 aromatic heterocycles. The number of carbonyl (C=O) groups excluding carboxylic acids is 1. The summed E-state index contributed by atoms with van der Waals surface area (Å²) >= 11 is 1.36. The van der Waals surface area contributed by atoms with Gasteiger partial charge in [0.15, 0.2) is 0 Å². The summed E-state index contributed by atoms with van der Waals surface area (Å²) in [5.74, 6) is 0.201. The lowest BCUT2D eigenvalue weighted by molar-refractivity contribution is -0.107. The van der Waals surface area contributed by atoms with Crippen molar-refractivity contribution >= 4 is 23.7 Å². The van der Waals surface area contributed by atoms with Crippen LogP contribution in [0.5, 0.6) is 5.75 Å². The van der Waals surface area contributed by atoms with Gasteiger partial charge in [-0.05, 0) is 24.8 Å². The number of thioether (sulfide) groups is 1. The second kappa shape index (κ2) is 8.04. The predicted octanol–water partition coefficient (Wildman–Crippen LogP) is 3.65.